The molecule has 0 N–H and O–H groups in total. The highest BCUT2D eigenvalue weighted by Gasteiger charge is 2.64. The zero-order valence-corrected chi connectivity index (χ0v) is 19.7. The highest BCUT2D eigenvalue weighted by atomic mass is 79.9. The average Bonchev–Trinajstić information content (AvgIpc) is 3.02. The Kier molecular flexibility index (Phi) is 5.99. The molecule has 0 saturated carbocycles. The molecule has 7 heteroatoms. The summed E-state index contributed by atoms with van der Waals surface area (Å²) in [6.45, 7) is 0. The van der Waals surface area contributed by atoms with Crippen molar-refractivity contribution < 1.29 is 19.2 Å². The van der Waals surface area contributed by atoms with Gasteiger partial charge < -0.3 is 4.90 Å². The molecule has 1 aliphatic rings. The maximum Gasteiger partial charge on any atom is 0.327 e. The van der Waals surface area contributed by atoms with E-state index in [0.29, 0.717) is 5.56 Å². The fourth-order valence-electron chi connectivity index (χ4n) is 4.40. The van der Waals surface area contributed by atoms with Crippen LogP contribution >= 0.6 is 15.9 Å². The van der Waals surface area contributed by atoms with E-state index in [4.69, 9.17) is 0 Å². The monoisotopic (exact) mass is 504 g/mol. The summed E-state index contributed by atoms with van der Waals surface area (Å²) in [5, 5.41) is 0. The Hall–Kier alpha value is -3.58. The van der Waals surface area contributed by atoms with Crippen molar-refractivity contribution in [1.29, 1.82) is 0 Å². The van der Waals surface area contributed by atoms with Crippen LogP contribution in [0.15, 0.2) is 89.4 Å². The number of carbonyl (C=O) groups is 4. The van der Waals surface area contributed by atoms with Crippen molar-refractivity contribution in [2.45, 2.75) is 5.54 Å². The quantitative estimate of drug-likeness (QED) is 0.280. The molecule has 33 heavy (non-hydrogen) atoms. The van der Waals surface area contributed by atoms with E-state index in [1.165, 1.54) is 19.0 Å². The molecule has 6 nitrogen and oxygen atoms in total. The number of likely N-dealkylation sites (N-methyl/N-ethyl adjacent to an activating group) is 2. The van der Waals surface area contributed by atoms with Crippen LogP contribution in [0.5, 0.6) is 0 Å². The summed E-state index contributed by atoms with van der Waals surface area (Å²) in [5.74, 6) is -3.18. The molecule has 1 fully saturated rings. The van der Waals surface area contributed by atoms with E-state index in [0.717, 1.165) is 9.37 Å². The second kappa shape index (κ2) is 8.75. The van der Waals surface area contributed by atoms with Crippen LogP contribution in [0, 0.1) is 5.92 Å². The van der Waals surface area contributed by atoms with Gasteiger partial charge in [0.15, 0.2) is 17.1 Å². The van der Waals surface area contributed by atoms with Gasteiger partial charge in [-0.2, -0.15) is 0 Å². The first-order valence-electron chi connectivity index (χ1n) is 10.3. The molecule has 1 atom stereocenters. The first kappa shape index (κ1) is 22.6. The van der Waals surface area contributed by atoms with Gasteiger partial charge in [0.2, 0.25) is 0 Å². The largest absolute Gasteiger partial charge is 0.327 e. The molecule has 166 valence electrons. The molecular weight excluding hydrogens is 484 g/mol. The van der Waals surface area contributed by atoms with E-state index in [1.807, 2.05) is 0 Å². The van der Waals surface area contributed by atoms with Gasteiger partial charge in [-0.1, -0.05) is 88.7 Å². The summed E-state index contributed by atoms with van der Waals surface area (Å²) >= 11 is 3.38. The Morgan fingerprint density at radius 2 is 1.21 bits per heavy atom. The maximum absolute atomic E-state index is 14.0. The molecular formula is C26H21BrN2O4. The Morgan fingerprint density at radius 3 is 1.61 bits per heavy atom. The van der Waals surface area contributed by atoms with Crippen LogP contribution in [0.2, 0.25) is 0 Å². The second-order valence-corrected chi connectivity index (χ2v) is 8.79. The van der Waals surface area contributed by atoms with E-state index in [-0.39, 0.29) is 11.1 Å². The van der Waals surface area contributed by atoms with Gasteiger partial charge >= 0.3 is 6.03 Å². The fraction of sp³-hybridized carbons (Fsp3) is 0.154. The molecule has 0 spiro atoms. The van der Waals surface area contributed by atoms with Crippen LogP contribution in [-0.4, -0.2) is 47.4 Å². The number of Topliss-reactive ketones (excluding diaryl/α,β-unsaturated/α-hetero) is 2. The van der Waals surface area contributed by atoms with Crippen molar-refractivity contribution in [3.05, 3.63) is 106 Å². The summed E-state index contributed by atoms with van der Waals surface area (Å²) in [6.07, 6.45) is 0. The predicted octanol–water partition coefficient (Wildman–Crippen LogP) is 4.55. The number of rotatable bonds is 6. The number of urea groups is 1. The zero-order chi connectivity index (χ0) is 23.8. The average molecular weight is 505 g/mol. The Balaban J connectivity index is 2.03. The van der Waals surface area contributed by atoms with Crippen LogP contribution in [0.25, 0.3) is 0 Å². The van der Waals surface area contributed by atoms with Gasteiger partial charge in [0.05, 0.1) is 0 Å². The molecule has 1 aliphatic heterocycles. The van der Waals surface area contributed by atoms with E-state index >= 15 is 0 Å². The Labute approximate surface area is 199 Å². The molecule has 0 aliphatic carbocycles. The van der Waals surface area contributed by atoms with Crippen molar-refractivity contribution in [3.8, 4) is 0 Å². The predicted molar refractivity (Wildman–Crippen MR) is 127 cm³/mol. The van der Waals surface area contributed by atoms with Crippen LogP contribution in [0.4, 0.5) is 4.79 Å². The van der Waals surface area contributed by atoms with Gasteiger partial charge in [0.25, 0.3) is 5.91 Å². The number of hydrogen-bond donors (Lipinski definition) is 0. The smallest absolute Gasteiger partial charge is 0.307 e. The molecule has 3 aromatic carbocycles. The fourth-order valence-corrected chi connectivity index (χ4v) is 4.67. The lowest BCUT2D eigenvalue weighted by Gasteiger charge is -2.38. The number of hydrogen-bond acceptors (Lipinski definition) is 4. The maximum atomic E-state index is 14.0. The van der Waals surface area contributed by atoms with Gasteiger partial charge in [-0.3, -0.25) is 19.3 Å². The SMILES string of the molecule is CN1C(=O)N(C)C(c2ccc(Br)cc2)(C(C(=O)c2ccccc2)C(=O)c2ccccc2)C1=O. The lowest BCUT2D eigenvalue weighted by atomic mass is 9.70. The second-order valence-electron chi connectivity index (χ2n) is 7.87. The normalized spacial score (nSPS) is 18.2. The van der Waals surface area contributed by atoms with E-state index in [1.54, 1.807) is 84.9 Å². The minimum absolute atomic E-state index is 0.284. The zero-order valence-electron chi connectivity index (χ0n) is 18.1. The van der Waals surface area contributed by atoms with Crippen LogP contribution in [0.1, 0.15) is 26.3 Å². The van der Waals surface area contributed by atoms with Crippen LogP contribution in [-0.2, 0) is 10.3 Å². The number of nitrogens with zero attached hydrogens (tertiary/aromatic N) is 2. The number of imide groups is 1. The van der Waals surface area contributed by atoms with E-state index in [2.05, 4.69) is 15.9 Å². The number of amides is 3. The van der Waals surface area contributed by atoms with Crippen molar-refractivity contribution in [1.82, 2.24) is 9.80 Å². The molecule has 1 saturated heterocycles. The summed E-state index contributed by atoms with van der Waals surface area (Å²) in [4.78, 5) is 56.9. The number of benzene rings is 3. The minimum Gasteiger partial charge on any atom is -0.307 e. The Morgan fingerprint density at radius 1 is 0.758 bits per heavy atom. The molecule has 0 bridgehead atoms. The third-order valence-corrected chi connectivity index (χ3v) is 6.61. The minimum atomic E-state index is -1.84. The van der Waals surface area contributed by atoms with Crippen molar-refractivity contribution in [2.24, 2.45) is 5.92 Å². The molecule has 3 aromatic rings. The van der Waals surface area contributed by atoms with Gasteiger partial charge in [-0.15, -0.1) is 0 Å². The number of ketones is 2. The van der Waals surface area contributed by atoms with Crippen LogP contribution < -0.4 is 0 Å². The van der Waals surface area contributed by atoms with E-state index < -0.39 is 35.0 Å². The third kappa shape index (κ3) is 3.58. The van der Waals surface area contributed by atoms with Crippen LogP contribution in [0.3, 0.4) is 0 Å². The van der Waals surface area contributed by atoms with Gasteiger partial charge in [0.1, 0.15) is 5.92 Å². The standard InChI is InChI=1S/C26H21BrN2O4/c1-28-24(32)26(29(2)25(28)33,19-13-15-20(27)16-14-19)21(22(30)17-9-5-3-6-10-17)23(31)18-11-7-4-8-12-18/h3-16,21H,1-2H3. The summed E-state index contributed by atoms with van der Waals surface area (Å²) in [6, 6.07) is 22.9. The van der Waals surface area contributed by atoms with Gasteiger partial charge in [0, 0.05) is 29.7 Å². The van der Waals surface area contributed by atoms with E-state index in [9.17, 15) is 19.2 Å². The molecule has 0 radical (unpaired) electrons. The summed E-state index contributed by atoms with van der Waals surface area (Å²) in [5.41, 5.74) is -0.890. The highest BCUT2D eigenvalue weighted by Crippen LogP contribution is 2.45. The lowest BCUT2D eigenvalue weighted by molar-refractivity contribution is -0.134. The van der Waals surface area contributed by atoms with Gasteiger partial charge in [-0.05, 0) is 17.7 Å². The molecule has 0 aromatic heterocycles. The first-order chi connectivity index (χ1) is 15.8. The molecule has 4 rings (SSSR count). The van der Waals surface area contributed by atoms with Crippen molar-refractivity contribution in [2.75, 3.05) is 14.1 Å². The van der Waals surface area contributed by atoms with Crippen molar-refractivity contribution >= 4 is 39.4 Å². The summed E-state index contributed by atoms with van der Waals surface area (Å²) in [7, 11) is 2.81. The Bertz CT molecular complexity index is 1180. The third-order valence-electron chi connectivity index (χ3n) is 6.08. The summed E-state index contributed by atoms with van der Waals surface area (Å²) < 4.78 is 0.759. The molecule has 1 unspecified atom stereocenters. The number of halogens is 1. The number of carbonyl (C=O) groups excluding carboxylic acids is 4. The topological polar surface area (TPSA) is 74.8 Å². The van der Waals surface area contributed by atoms with Crippen molar-refractivity contribution in [3.63, 3.8) is 0 Å². The highest BCUT2D eigenvalue weighted by molar-refractivity contribution is 9.10. The van der Waals surface area contributed by atoms with Gasteiger partial charge in [-0.25, -0.2) is 4.79 Å². The first-order valence-corrected chi connectivity index (χ1v) is 11.1. The molecule has 3 amide bonds. The molecule has 1 heterocycles. The lowest BCUT2D eigenvalue weighted by Crippen LogP contribution is -2.56.